The van der Waals surface area contributed by atoms with Crippen LogP contribution in [0.15, 0.2) is 96.1 Å². The van der Waals surface area contributed by atoms with Gasteiger partial charge < -0.3 is 155 Å². The monoisotopic (exact) mass is 2260 g/mol. The van der Waals surface area contributed by atoms with Gasteiger partial charge in [0, 0.05) is 134 Å². The third-order valence-electron chi connectivity index (χ3n) is 23.4. The first-order valence-electron chi connectivity index (χ1n) is 42.7. The summed E-state index contributed by atoms with van der Waals surface area (Å²) >= 11 is 37.6. The van der Waals surface area contributed by atoms with Crippen LogP contribution in [0.4, 0.5) is 17.5 Å². The third-order valence-corrected chi connectivity index (χ3v) is 34.5. The van der Waals surface area contributed by atoms with E-state index in [1.807, 2.05) is 0 Å². The number of nitrogens with two attached hydrogens (primary N) is 3. The second-order valence-corrected chi connectivity index (χ2v) is 52.5. The lowest BCUT2D eigenvalue weighted by atomic mass is 10.1. The summed E-state index contributed by atoms with van der Waals surface area (Å²) in [6.45, 7) is -27.4. The van der Waals surface area contributed by atoms with E-state index in [2.05, 4.69) is 34.9 Å². The average molecular weight is 2260 g/mol. The Morgan fingerprint density at radius 3 is 0.746 bits per heavy atom. The number of aryl methyl sites for hydroxylation is 7. The molecule has 7 aliphatic heterocycles. The van der Waals surface area contributed by atoms with Crippen molar-refractivity contribution in [2.75, 3.05) is 64.0 Å². The van der Waals surface area contributed by atoms with E-state index in [0.717, 1.165) is 51.5 Å². The Morgan fingerprint density at radius 2 is 0.521 bits per heavy atom. The number of nitrogen functional groups attached to an aromatic ring is 3. The number of H-pyrrole nitrogens is 4. The molecule has 7 aliphatic rings. The van der Waals surface area contributed by atoms with E-state index in [1.165, 1.54) is 72.5 Å². The van der Waals surface area contributed by atoms with Gasteiger partial charge in [-0.3, -0.25) is 75.6 Å². The summed E-state index contributed by atoms with van der Waals surface area (Å²) in [5, 5.41) is 0. The minimum absolute atomic E-state index is 0.0135. The minimum atomic E-state index is -5.09. The van der Waals surface area contributed by atoms with E-state index in [-0.39, 0.29) is 76.5 Å². The first-order chi connectivity index (χ1) is 66.4. The zero-order valence-corrected chi connectivity index (χ0v) is 87.7. The van der Waals surface area contributed by atoms with Crippen LogP contribution in [0, 0.1) is 48.5 Å². The zero-order valence-electron chi connectivity index (χ0n) is 75.7. The van der Waals surface area contributed by atoms with E-state index in [9.17, 15) is 86.7 Å². The molecule has 0 radical (unpaired) electrons. The SMILES string of the molecule is CC[C@H]1O[C@@H](n2cc(C)c(=O)[nH]c2=O)CC1OP([O-])(=S)OC[C@H]1O[C@@H](n2cc(C)c(N)nc2=O)CC1OP(=O)([S-])OC[C@H]1O[C@@H](n2cc(C)c(N)nc2=O)CC1OP([O-])(=S)OC[C@H]1O[C@@H](n2cc(C)c(=O)[nH]c2=O)CC1OP([O-])(=S)OC[C@H]1O[C@@H](n2cc(C)c(N)nc2=O)CC1OP([O-])(=S)OC[C@H]1O[C@@H](n2cc(C)c(=O)[nH]c2=O)CC1OP([O-])(=S)OC[C@H]1O[C@@H](n2cc(C)c(=O)[nH]c2=O)CC1OP([O-])(=S)OC. The largest absolute Gasteiger partial charge is 0.780 e. The van der Waals surface area contributed by atoms with Crippen LogP contribution in [0.2, 0.25) is 0 Å². The quantitative estimate of drug-likeness (QED) is 0.0147. The molecule has 142 heavy (non-hydrogen) atoms. The molecule has 0 saturated carbocycles. The average Bonchev–Trinajstić information content (AvgIpc) is 1.58. The van der Waals surface area contributed by atoms with Crippen molar-refractivity contribution in [3.63, 3.8) is 0 Å². The van der Waals surface area contributed by atoms with Crippen molar-refractivity contribution in [3.05, 3.63) is 197 Å². The van der Waals surface area contributed by atoms with Crippen molar-refractivity contribution in [2.45, 2.75) is 236 Å². The van der Waals surface area contributed by atoms with Gasteiger partial charge in [0.1, 0.15) is 138 Å². The summed E-state index contributed by atoms with van der Waals surface area (Å²) in [4.78, 5) is 249. The van der Waals surface area contributed by atoms with Gasteiger partial charge in [0.15, 0.2) is 6.80 Å². The van der Waals surface area contributed by atoms with E-state index in [0.29, 0.717) is 5.56 Å². The molecular formula is C72H93N17O39P7S7-7. The van der Waals surface area contributed by atoms with E-state index >= 15 is 0 Å². The van der Waals surface area contributed by atoms with Crippen LogP contribution in [-0.4, -0.2) is 199 Å². The Kier molecular flexibility index (Phi) is 35.5. The molecule has 14 unspecified atom stereocenters. The Balaban J connectivity index is 0.665. The van der Waals surface area contributed by atoms with E-state index in [4.69, 9.17) is 197 Å². The Hall–Kier alpha value is -5.84. The van der Waals surface area contributed by atoms with Crippen LogP contribution in [0.25, 0.3) is 0 Å². The molecule has 784 valence electrons. The van der Waals surface area contributed by atoms with Crippen LogP contribution in [0.1, 0.15) is 141 Å². The van der Waals surface area contributed by atoms with Gasteiger partial charge in [0.05, 0.1) is 88.5 Å². The highest BCUT2D eigenvalue weighted by Crippen LogP contribution is 2.57. The first-order valence-corrected chi connectivity index (χ1v) is 60.6. The highest BCUT2D eigenvalue weighted by Gasteiger charge is 2.49. The molecule has 28 atom stereocenters. The summed E-state index contributed by atoms with van der Waals surface area (Å²) in [6.07, 6.45) is -23.6. The molecular weight excluding hydrogens is 2170 g/mol. The Morgan fingerprint density at radius 1 is 0.331 bits per heavy atom. The second kappa shape index (κ2) is 45.1. The van der Waals surface area contributed by atoms with Crippen molar-refractivity contribution < 1.29 is 130 Å². The first kappa shape index (κ1) is 112. The molecule has 0 amide bonds. The molecule has 14 rings (SSSR count). The molecule has 0 aromatic carbocycles. The number of nitrogens with one attached hydrogen (secondary N) is 4. The predicted molar refractivity (Wildman–Crippen MR) is 505 cm³/mol. The summed E-state index contributed by atoms with van der Waals surface area (Å²) < 4.78 is 146. The maximum atomic E-state index is 14.9. The number of nitrogens with zero attached hydrogens (tertiary/aromatic N) is 10. The number of rotatable bonds is 41. The molecule has 7 aromatic heterocycles. The van der Waals surface area contributed by atoms with Gasteiger partial charge in [-0.2, -0.15) is 15.0 Å². The number of aromatic nitrogens is 14. The fraction of sp³-hybridized carbons (Fsp3) is 0.611. The number of aromatic amines is 4. The van der Waals surface area contributed by atoms with Crippen molar-refractivity contribution in [1.29, 1.82) is 0 Å². The van der Waals surface area contributed by atoms with Crippen molar-refractivity contribution >= 4 is 148 Å². The molecule has 7 fully saturated rings. The molecule has 7 aromatic rings. The standard InChI is InChI=1S/C72H100N17O39P7S7/c1-10-38-39(11-52(115-38)86-21-34(5)62(90)79-69(86)97)123-130(102,137)109-26-47-41(13-53(117-47)83-18-31(2)59(73)76-66(83)94)124-132(104,139)111-27-48-42(14-54(118-48)84-19-32(3)60(74)77-67(84)95)125-134(106,141)114-30-51-45(17-58(121-51)89-24-37(8)65(93)82-72(89)100)128-135(107,142)112-28-49-43(15-55(119-49)85-20-33(4)61(75)78-68(85)96)126-133(105,140)113-29-50-44(16-57(120-50)88-23-36(7)64(92)81-71(88)99)127-131(103,138)110-25-46-40(122-129(101,136)108-9)12-56(116-46)87-22-35(6)63(91)80-70(87)98/h18-24,38-58H,10-17,25-30H2,1-9H3,(H,101,136)(H,102,137)(H,103,138)(H,104,139)(H,105,140)(H,106,141)(H,107,142)(H2,73,76,94)(H2,74,77,95)(H2,75,78,96)(H,79,90,97)(H,80,91,98)(H,81,92,99)(H,82,93,100)/p-7/t38-,39?,40?,41?,42?,43?,44?,45?,46-,47-,48-,49-,50-,51-,52-,53-,54-,55-,56-,57-,58-,129?,130?,131?,132?,133?,134?,135?/m1/s1. The van der Waals surface area contributed by atoms with Crippen LogP contribution in [-0.2, 0) is 184 Å². The third kappa shape index (κ3) is 27.5. The zero-order chi connectivity index (χ0) is 103. The van der Waals surface area contributed by atoms with Gasteiger partial charge in [-0.05, 0) is 54.9 Å². The second-order valence-electron chi connectivity index (χ2n) is 33.5. The maximum Gasteiger partial charge on any atom is 0.351 e. The summed E-state index contributed by atoms with van der Waals surface area (Å²) in [5.74, 6) is -0.457. The lowest BCUT2D eigenvalue weighted by Gasteiger charge is -2.36. The molecule has 70 heteroatoms. The van der Waals surface area contributed by atoms with E-state index in [1.54, 1.807) is 13.8 Å². The number of hydrogen-bond donors (Lipinski definition) is 7. The highest BCUT2D eigenvalue weighted by molar-refractivity contribution is 8.32. The molecule has 14 heterocycles. The van der Waals surface area contributed by atoms with Crippen LogP contribution < -0.4 is 109 Å². The Labute approximate surface area is 836 Å². The Bertz CT molecular complexity index is 7030. The lowest BCUT2D eigenvalue weighted by molar-refractivity contribution is -0.221. The normalized spacial score (nSPS) is 29.8. The van der Waals surface area contributed by atoms with Gasteiger partial charge >= 0.3 is 39.8 Å². The summed E-state index contributed by atoms with van der Waals surface area (Å²) in [6, 6.07) is 0. The van der Waals surface area contributed by atoms with Crippen LogP contribution >= 0.6 is 47.1 Å². The number of hydrogen-bond acceptors (Lipinski definition) is 52. The van der Waals surface area contributed by atoms with Crippen molar-refractivity contribution in [2.24, 2.45) is 0 Å². The van der Waals surface area contributed by atoms with Crippen LogP contribution in [0.5, 0.6) is 0 Å². The minimum Gasteiger partial charge on any atom is -0.780 e. The van der Waals surface area contributed by atoms with E-state index < -0.39 is 304 Å². The molecule has 10 N–H and O–H groups in total. The number of ether oxygens (including phenoxy) is 7. The smallest absolute Gasteiger partial charge is 0.351 e. The predicted octanol–water partition coefficient (Wildman–Crippen LogP) is -3.11. The fourth-order valence-corrected chi connectivity index (χ4v) is 25.8. The van der Waals surface area contributed by atoms with Gasteiger partial charge in [-0.25, -0.2) is 33.6 Å². The molecule has 56 nitrogen and oxygen atoms in total. The topological polar surface area (TPSA) is 751 Å². The van der Waals surface area contributed by atoms with Gasteiger partial charge in [0.25, 0.3) is 22.2 Å². The van der Waals surface area contributed by atoms with Crippen molar-refractivity contribution in [3.8, 4) is 0 Å². The van der Waals surface area contributed by atoms with Gasteiger partial charge in [0.2, 0.25) is 0 Å². The fourth-order valence-electron chi connectivity index (χ4n) is 16.1. The van der Waals surface area contributed by atoms with Gasteiger partial charge in [-0.15, -0.1) is 0 Å². The highest BCUT2D eigenvalue weighted by atomic mass is 32.7. The molecule has 7 saturated heterocycles. The molecule has 0 spiro atoms. The van der Waals surface area contributed by atoms with Crippen molar-refractivity contribution in [1.82, 2.24) is 66.9 Å². The maximum absolute atomic E-state index is 14.9. The number of anilines is 3. The van der Waals surface area contributed by atoms with Crippen LogP contribution in [0.3, 0.4) is 0 Å². The molecule has 0 aliphatic carbocycles. The summed E-state index contributed by atoms with van der Waals surface area (Å²) in [7, 11) is 1.00. The molecule has 0 bridgehead atoms. The lowest BCUT2D eigenvalue weighted by Crippen LogP contribution is -2.35. The van der Waals surface area contributed by atoms with Gasteiger partial charge in [-0.1, -0.05) is 77.8 Å². The summed E-state index contributed by atoms with van der Waals surface area (Å²) in [5.41, 5.74) is 9.58.